The first kappa shape index (κ1) is 18.8. The summed E-state index contributed by atoms with van der Waals surface area (Å²) in [7, 11) is 3.78. The lowest BCUT2D eigenvalue weighted by Crippen LogP contribution is -2.44. The summed E-state index contributed by atoms with van der Waals surface area (Å²) in [6, 6.07) is 8.94. The highest BCUT2D eigenvalue weighted by Crippen LogP contribution is 2.22. The van der Waals surface area contributed by atoms with Gasteiger partial charge in [-0.25, -0.2) is 0 Å². The lowest BCUT2D eigenvalue weighted by molar-refractivity contribution is 0.643. The Kier molecular flexibility index (Phi) is 6.55. The second-order valence-corrected chi connectivity index (χ2v) is 7.59. The molecule has 140 valence electrons. The third-order valence-corrected chi connectivity index (χ3v) is 5.17. The number of hydrogen-bond donors (Lipinski definition) is 2. The number of halogens is 1. The minimum Gasteiger partial charge on any atom is -0.369 e. The van der Waals surface area contributed by atoms with Crippen LogP contribution in [-0.4, -0.2) is 48.5 Å². The van der Waals surface area contributed by atoms with Crippen LogP contribution >= 0.6 is 15.9 Å². The van der Waals surface area contributed by atoms with Gasteiger partial charge in [-0.2, -0.15) is 5.10 Å². The van der Waals surface area contributed by atoms with E-state index in [1.54, 1.807) is 0 Å². The molecule has 0 saturated carbocycles. The van der Waals surface area contributed by atoms with Gasteiger partial charge in [0.15, 0.2) is 5.96 Å². The third-order valence-electron chi connectivity index (χ3n) is 4.64. The number of anilines is 1. The molecule has 1 unspecified atom stereocenters. The summed E-state index contributed by atoms with van der Waals surface area (Å²) in [6.07, 6.45) is 7.21. The Balaban J connectivity index is 1.40. The molecule has 2 N–H and O–H groups in total. The van der Waals surface area contributed by atoms with Crippen LogP contribution in [0.1, 0.15) is 18.4 Å². The van der Waals surface area contributed by atoms with Gasteiger partial charge in [-0.05, 0) is 49.1 Å². The van der Waals surface area contributed by atoms with Crippen LogP contribution in [0.5, 0.6) is 0 Å². The van der Waals surface area contributed by atoms with Crippen LogP contribution < -0.4 is 15.5 Å². The highest BCUT2D eigenvalue weighted by atomic mass is 79.9. The predicted octanol–water partition coefficient (Wildman–Crippen LogP) is 2.56. The van der Waals surface area contributed by atoms with Gasteiger partial charge in [-0.1, -0.05) is 15.9 Å². The fourth-order valence-electron chi connectivity index (χ4n) is 3.25. The Morgan fingerprint density at radius 1 is 1.35 bits per heavy atom. The largest absolute Gasteiger partial charge is 0.369 e. The second-order valence-electron chi connectivity index (χ2n) is 6.68. The molecule has 1 aliphatic heterocycles. The smallest absolute Gasteiger partial charge is 0.191 e. The average Bonchev–Trinajstić information content (AvgIpc) is 3.27. The van der Waals surface area contributed by atoms with Crippen LogP contribution in [0.3, 0.4) is 0 Å². The molecule has 1 aromatic carbocycles. The van der Waals surface area contributed by atoms with E-state index in [1.807, 2.05) is 25.0 Å². The average molecular weight is 419 g/mol. The van der Waals surface area contributed by atoms with Gasteiger partial charge < -0.3 is 15.5 Å². The molecule has 2 aromatic rings. The van der Waals surface area contributed by atoms with Crippen molar-refractivity contribution in [1.82, 2.24) is 20.4 Å². The van der Waals surface area contributed by atoms with Gasteiger partial charge in [0.05, 0.1) is 6.20 Å². The minimum absolute atomic E-state index is 0.420. The number of nitrogens with one attached hydrogen (secondary N) is 2. The number of guanidine groups is 1. The fraction of sp³-hybridized carbons (Fsp3) is 0.474. The quantitative estimate of drug-likeness (QED) is 0.429. The van der Waals surface area contributed by atoms with Gasteiger partial charge in [0.25, 0.3) is 0 Å². The highest BCUT2D eigenvalue weighted by molar-refractivity contribution is 9.10. The van der Waals surface area contributed by atoms with E-state index in [-0.39, 0.29) is 0 Å². The molecule has 1 fully saturated rings. The predicted molar refractivity (Wildman–Crippen MR) is 111 cm³/mol. The van der Waals surface area contributed by atoms with Gasteiger partial charge in [0.2, 0.25) is 0 Å². The monoisotopic (exact) mass is 418 g/mol. The molecule has 0 aliphatic carbocycles. The zero-order valence-electron chi connectivity index (χ0n) is 15.5. The number of nitrogens with zero attached hydrogens (tertiary/aromatic N) is 4. The number of hydrogen-bond acceptors (Lipinski definition) is 3. The van der Waals surface area contributed by atoms with E-state index in [1.165, 1.54) is 11.3 Å². The summed E-state index contributed by atoms with van der Waals surface area (Å²) >= 11 is 3.49. The van der Waals surface area contributed by atoms with Gasteiger partial charge in [-0.15, -0.1) is 0 Å². The van der Waals surface area contributed by atoms with Gasteiger partial charge >= 0.3 is 0 Å². The van der Waals surface area contributed by atoms with Crippen molar-refractivity contribution in [3.8, 4) is 0 Å². The molecule has 1 atom stereocenters. The Morgan fingerprint density at radius 2 is 2.15 bits per heavy atom. The SMILES string of the molecule is CN=C(NCCCc1cnn(C)c1)NC1CCN(c2ccc(Br)cc2)C1. The maximum absolute atomic E-state index is 4.36. The first-order valence-electron chi connectivity index (χ1n) is 9.09. The molecule has 0 amide bonds. The lowest BCUT2D eigenvalue weighted by atomic mass is 10.2. The Morgan fingerprint density at radius 3 is 2.85 bits per heavy atom. The topological polar surface area (TPSA) is 57.5 Å². The minimum atomic E-state index is 0.420. The summed E-state index contributed by atoms with van der Waals surface area (Å²) in [5, 5.41) is 11.2. The van der Waals surface area contributed by atoms with E-state index >= 15 is 0 Å². The van der Waals surface area contributed by atoms with Crippen LogP contribution in [0.25, 0.3) is 0 Å². The Hall–Kier alpha value is -2.02. The number of rotatable bonds is 6. The number of aryl methyl sites for hydroxylation is 2. The molecule has 0 radical (unpaired) electrons. The van der Waals surface area contributed by atoms with Crippen LogP contribution in [0, 0.1) is 0 Å². The molecule has 1 aromatic heterocycles. The van der Waals surface area contributed by atoms with Crippen molar-refractivity contribution in [3.63, 3.8) is 0 Å². The fourth-order valence-corrected chi connectivity index (χ4v) is 3.52. The standard InChI is InChI=1S/C19H27BrN6/c1-21-19(22-10-3-4-15-12-23-25(2)13-15)24-17-9-11-26(14-17)18-7-5-16(20)6-8-18/h5-8,12-13,17H,3-4,9-11,14H2,1-2H3,(H2,21,22,24). The summed E-state index contributed by atoms with van der Waals surface area (Å²) in [5.74, 6) is 0.888. The van der Waals surface area contributed by atoms with Crippen molar-refractivity contribution in [2.45, 2.75) is 25.3 Å². The van der Waals surface area contributed by atoms with Crippen molar-refractivity contribution in [2.24, 2.45) is 12.0 Å². The molecule has 7 heteroatoms. The maximum Gasteiger partial charge on any atom is 0.191 e. The molecule has 6 nitrogen and oxygen atoms in total. The van der Waals surface area contributed by atoms with E-state index in [9.17, 15) is 0 Å². The first-order chi connectivity index (χ1) is 12.6. The number of benzene rings is 1. The van der Waals surface area contributed by atoms with Crippen molar-refractivity contribution >= 4 is 27.6 Å². The summed E-state index contributed by atoms with van der Waals surface area (Å²) in [6.45, 7) is 2.97. The van der Waals surface area contributed by atoms with Gasteiger partial charge in [-0.3, -0.25) is 9.67 Å². The van der Waals surface area contributed by atoms with Crippen molar-refractivity contribution < 1.29 is 0 Å². The summed E-state index contributed by atoms with van der Waals surface area (Å²) in [5.41, 5.74) is 2.55. The third kappa shape index (κ3) is 5.24. The van der Waals surface area contributed by atoms with Crippen molar-refractivity contribution in [2.75, 3.05) is 31.6 Å². The molecule has 2 heterocycles. The van der Waals surface area contributed by atoms with Crippen LogP contribution in [-0.2, 0) is 13.5 Å². The molecule has 0 bridgehead atoms. The maximum atomic E-state index is 4.36. The van der Waals surface area contributed by atoms with E-state index in [0.29, 0.717) is 6.04 Å². The first-order valence-corrected chi connectivity index (χ1v) is 9.88. The van der Waals surface area contributed by atoms with E-state index in [0.717, 1.165) is 49.3 Å². The van der Waals surface area contributed by atoms with E-state index < -0.39 is 0 Å². The summed E-state index contributed by atoms with van der Waals surface area (Å²) in [4.78, 5) is 6.78. The molecule has 26 heavy (non-hydrogen) atoms. The van der Waals surface area contributed by atoms with Crippen LogP contribution in [0.4, 0.5) is 5.69 Å². The lowest BCUT2D eigenvalue weighted by Gasteiger charge is -2.20. The molecular formula is C19H27BrN6. The van der Waals surface area contributed by atoms with Crippen molar-refractivity contribution in [1.29, 1.82) is 0 Å². The highest BCUT2D eigenvalue weighted by Gasteiger charge is 2.23. The van der Waals surface area contributed by atoms with Gasteiger partial charge in [0, 0.05) is 56.1 Å². The second kappa shape index (κ2) is 9.07. The van der Waals surface area contributed by atoms with Crippen molar-refractivity contribution in [3.05, 3.63) is 46.7 Å². The number of aliphatic imine (C=N–C) groups is 1. The summed E-state index contributed by atoms with van der Waals surface area (Å²) < 4.78 is 2.96. The van der Waals surface area contributed by atoms with E-state index in [2.05, 4.69) is 72.0 Å². The van der Waals surface area contributed by atoms with Crippen LogP contribution in [0.2, 0.25) is 0 Å². The Bertz CT molecular complexity index is 724. The normalized spacial score (nSPS) is 17.6. The zero-order valence-corrected chi connectivity index (χ0v) is 17.0. The Labute approximate surface area is 163 Å². The zero-order chi connectivity index (χ0) is 18.4. The molecule has 1 aliphatic rings. The molecule has 3 rings (SSSR count). The van der Waals surface area contributed by atoms with E-state index in [4.69, 9.17) is 0 Å². The molecular weight excluding hydrogens is 392 g/mol. The molecule has 1 saturated heterocycles. The van der Waals surface area contributed by atoms with Gasteiger partial charge in [0.1, 0.15) is 0 Å². The number of aromatic nitrogens is 2. The van der Waals surface area contributed by atoms with Crippen LogP contribution in [0.15, 0.2) is 46.1 Å². The molecule has 0 spiro atoms.